The lowest BCUT2D eigenvalue weighted by Crippen LogP contribution is -2.39. The van der Waals surface area contributed by atoms with Gasteiger partial charge in [0, 0.05) is 31.6 Å². The van der Waals surface area contributed by atoms with Gasteiger partial charge in [-0.15, -0.1) is 11.3 Å². The van der Waals surface area contributed by atoms with Crippen molar-refractivity contribution in [2.24, 2.45) is 0 Å². The number of fused-ring (bicyclic) bond motifs is 1. The fourth-order valence-corrected chi connectivity index (χ4v) is 4.42. The summed E-state index contributed by atoms with van der Waals surface area (Å²) >= 11 is 1.41. The molecule has 0 radical (unpaired) electrons. The Labute approximate surface area is 148 Å². The third-order valence-corrected chi connectivity index (χ3v) is 5.81. The minimum atomic E-state index is -0.316. The zero-order valence-corrected chi connectivity index (χ0v) is 15.4. The first-order valence-electron chi connectivity index (χ1n) is 8.26. The number of amides is 2. The van der Waals surface area contributed by atoms with Crippen LogP contribution < -0.4 is 16.6 Å². The van der Waals surface area contributed by atoms with E-state index in [2.05, 4.69) is 5.32 Å². The Morgan fingerprint density at radius 3 is 2.60 bits per heavy atom. The highest BCUT2D eigenvalue weighted by atomic mass is 32.1. The van der Waals surface area contributed by atoms with E-state index >= 15 is 0 Å². The molecule has 1 aliphatic heterocycles. The van der Waals surface area contributed by atoms with Crippen molar-refractivity contribution >= 4 is 27.6 Å². The number of hydrogen-bond acceptors (Lipinski definition) is 5. The van der Waals surface area contributed by atoms with Gasteiger partial charge in [-0.1, -0.05) is 0 Å². The summed E-state index contributed by atoms with van der Waals surface area (Å²) in [6, 6.07) is -0.0976. The van der Waals surface area contributed by atoms with Gasteiger partial charge in [0.1, 0.15) is 4.83 Å². The van der Waals surface area contributed by atoms with Gasteiger partial charge in [0.05, 0.1) is 25.1 Å². The van der Waals surface area contributed by atoms with E-state index in [0.717, 1.165) is 10.4 Å². The van der Waals surface area contributed by atoms with Crippen LogP contribution in [0, 0.1) is 6.92 Å². The van der Waals surface area contributed by atoms with Crippen molar-refractivity contribution in [1.29, 1.82) is 0 Å². The van der Waals surface area contributed by atoms with Crippen molar-refractivity contribution in [3.8, 4) is 0 Å². The molecule has 0 spiro atoms. The van der Waals surface area contributed by atoms with Crippen LogP contribution >= 0.6 is 11.3 Å². The molecular weight excluding hydrogens is 344 g/mol. The predicted molar refractivity (Wildman–Crippen MR) is 96.4 cm³/mol. The van der Waals surface area contributed by atoms with Crippen LogP contribution in [0.3, 0.4) is 0 Å². The molecule has 0 aliphatic carbocycles. The molecule has 136 valence electrons. The lowest BCUT2D eigenvalue weighted by Gasteiger charge is -2.12. The zero-order valence-electron chi connectivity index (χ0n) is 14.6. The van der Waals surface area contributed by atoms with Crippen molar-refractivity contribution in [3.05, 3.63) is 31.3 Å². The predicted octanol–water partition coefficient (Wildman–Crippen LogP) is 0.725. The third kappa shape index (κ3) is 2.98. The summed E-state index contributed by atoms with van der Waals surface area (Å²) in [5.41, 5.74) is 0.267. The molecule has 25 heavy (non-hydrogen) atoms. The van der Waals surface area contributed by atoms with Gasteiger partial charge in [0.25, 0.3) is 5.56 Å². The summed E-state index contributed by atoms with van der Waals surface area (Å²) in [5, 5.41) is 3.34. The smallest absolute Gasteiger partial charge is 0.332 e. The lowest BCUT2D eigenvalue weighted by atomic mass is 10.2. The maximum atomic E-state index is 12.8. The molecule has 3 heterocycles. The van der Waals surface area contributed by atoms with Gasteiger partial charge in [0.2, 0.25) is 0 Å². The molecule has 2 aromatic heterocycles. The van der Waals surface area contributed by atoms with Crippen molar-refractivity contribution in [3.63, 3.8) is 0 Å². The van der Waals surface area contributed by atoms with Crippen molar-refractivity contribution in [1.82, 2.24) is 19.4 Å². The minimum absolute atomic E-state index is 0.0976. The number of nitrogens with zero attached hydrogens (tertiary/aromatic N) is 3. The molecule has 1 N–H and O–H groups in total. The minimum Gasteiger partial charge on any atom is -0.383 e. The quantitative estimate of drug-likeness (QED) is 0.816. The number of carbonyl (C=O) groups is 1. The first-order chi connectivity index (χ1) is 12.0. The van der Waals surface area contributed by atoms with E-state index in [-0.39, 0.29) is 17.3 Å². The largest absolute Gasteiger partial charge is 0.383 e. The Kier molecular flexibility index (Phi) is 4.96. The number of hydrogen-bond donors (Lipinski definition) is 1. The number of aromatic nitrogens is 2. The van der Waals surface area contributed by atoms with E-state index in [4.69, 9.17) is 4.74 Å². The molecule has 9 heteroatoms. The van der Waals surface area contributed by atoms with E-state index < -0.39 is 0 Å². The van der Waals surface area contributed by atoms with E-state index in [1.807, 2.05) is 6.92 Å². The summed E-state index contributed by atoms with van der Waals surface area (Å²) in [5.74, 6) is 0. The molecule has 2 aromatic rings. The third-order valence-electron chi connectivity index (χ3n) is 4.51. The van der Waals surface area contributed by atoms with Gasteiger partial charge in [-0.05, 0) is 19.4 Å². The van der Waals surface area contributed by atoms with Gasteiger partial charge in [-0.25, -0.2) is 9.59 Å². The van der Waals surface area contributed by atoms with Gasteiger partial charge in [-0.3, -0.25) is 13.9 Å². The van der Waals surface area contributed by atoms with Gasteiger partial charge >= 0.3 is 11.7 Å². The number of aryl methyl sites for hydroxylation is 1. The van der Waals surface area contributed by atoms with Crippen LogP contribution in [0.2, 0.25) is 0 Å². The van der Waals surface area contributed by atoms with E-state index in [1.165, 1.54) is 15.9 Å². The van der Waals surface area contributed by atoms with Crippen molar-refractivity contribution in [2.45, 2.75) is 33.5 Å². The van der Waals surface area contributed by atoms with Crippen LogP contribution in [-0.4, -0.2) is 46.9 Å². The Hall–Kier alpha value is -2.13. The molecule has 1 fully saturated rings. The Bertz CT molecular complexity index is 927. The molecule has 2 amide bonds. The standard InChI is InChI=1S/C16H22N4O4S/c1-4-19-13(21)12-10(2)11(9-18-6-5-17-15(18)22)25-14(12)20(16(19)23)7-8-24-3/h4-9H2,1-3H3,(H,17,22). The summed E-state index contributed by atoms with van der Waals surface area (Å²) in [4.78, 5) is 40.6. The molecule has 0 unspecified atom stereocenters. The zero-order chi connectivity index (χ0) is 18.1. The number of urea groups is 1. The number of methoxy groups -OCH3 is 1. The van der Waals surface area contributed by atoms with Crippen molar-refractivity contribution in [2.75, 3.05) is 26.8 Å². The van der Waals surface area contributed by atoms with Crippen molar-refractivity contribution < 1.29 is 9.53 Å². The average Bonchev–Trinajstić information content (AvgIpc) is 3.12. The van der Waals surface area contributed by atoms with Gasteiger partial charge in [-0.2, -0.15) is 0 Å². The normalized spacial score (nSPS) is 14.5. The maximum absolute atomic E-state index is 12.8. The molecule has 1 aliphatic rings. The van der Waals surface area contributed by atoms with Crippen LogP contribution in [0.4, 0.5) is 4.79 Å². The summed E-state index contributed by atoms with van der Waals surface area (Å²) in [6.07, 6.45) is 0. The highest BCUT2D eigenvalue weighted by Gasteiger charge is 2.24. The first-order valence-corrected chi connectivity index (χ1v) is 9.08. The van der Waals surface area contributed by atoms with Crippen LogP contribution in [0.15, 0.2) is 9.59 Å². The molecule has 3 rings (SSSR count). The number of ether oxygens (including phenoxy) is 1. The summed E-state index contributed by atoms with van der Waals surface area (Å²) in [7, 11) is 1.58. The molecule has 1 saturated heterocycles. The Morgan fingerprint density at radius 1 is 1.24 bits per heavy atom. The summed E-state index contributed by atoms with van der Waals surface area (Å²) < 4.78 is 7.97. The van der Waals surface area contributed by atoms with Gasteiger partial charge < -0.3 is 15.0 Å². The van der Waals surface area contributed by atoms with Crippen LogP contribution in [0.5, 0.6) is 0 Å². The Morgan fingerprint density at radius 2 is 2.00 bits per heavy atom. The van der Waals surface area contributed by atoms with Crippen LogP contribution in [-0.2, 0) is 24.4 Å². The highest BCUT2D eigenvalue weighted by Crippen LogP contribution is 2.29. The number of thiophene rings is 1. The number of carbonyl (C=O) groups excluding carboxylic acids is 1. The molecule has 0 atom stereocenters. The van der Waals surface area contributed by atoms with Crippen LogP contribution in [0.25, 0.3) is 10.2 Å². The van der Waals surface area contributed by atoms with Crippen LogP contribution in [0.1, 0.15) is 17.4 Å². The molecular formula is C16H22N4O4S. The second-order valence-corrected chi connectivity index (χ2v) is 7.04. The Balaban J connectivity index is 2.17. The second-order valence-electron chi connectivity index (χ2n) is 5.96. The van der Waals surface area contributed by atoms with E-state index in [1.54, 1.807) is 23.5 Å². The molecule has 8 nitrogen and oxygen atoms in total. The molecule has 0 aromatic carbocycles. The SMILES string of the molecule is CCn1c(=O)c2c(C)c(CN3CCNC3=O)sc2n(CCOC)c1=O. The second kappa shape index (κ2) is 7.01. The average molecular weight is 366 g/mol. The fourth-order valence-electron chi connectivity index (χ4n) is 3.09. The monoisotopic (exact) mass is 366 g/mol. The lowest BCUT2D eigenvalue weighted by molar-refractivity contribution is 0.186. The van der Waals surface area contributed by atoms with E-state index in [0.29, 0.717) is 49.5 Å². The first kappa shape index (κ1) is 17.7. The molecule has 0 saturated carbocycles. The topological polar surface area (TPSA) is 85.6 Å². The highest BCUT2D eigenvalue weighted by molar-refractivity contribution is 7.18. The van der Waals surface area contributed by atoms with Gasteiger partial charge in [0.15, 0.2) is 0 Å². The fraction of sp³-hybridized carbons (Fsp3) is 0.562. The summed E-state index contributed by atoms with van der Waals surface area (Å²) in [6.45, 7) is 6.47. The number of rotatable bonds is 6. The molecule has 0 bridgehead atoms. The van der Waals surface area contributed by atoms with E-state index in [9.17, 15) is 14.4 Å². The maximum Gasteiger partial charge on any atom is 0.332 e. The number of nitrogens with one attached hydrogen (secondary N) is 1.